The molecule has 2 bridgehead atoms. The summed E-state index contributed by atoms with van der Waals surface area (Å²) >= 11 is 0. The van der Waals surface area contributed by atoms with E-state index in [0.717, 1.165) is 36.8 Å². The van der Waals surface area contributed by atoms with Gasteiger partial charge in [0, 0.05) is 36.9 Å². The van der Waals surface area contributed by atoms with Crippen LogP contribution in [0.25, 0.3) is 0 Å². The van der Waals surface area contributed by atoms with Crippen molar-refractivity contribution in [3.05, 3.63) is 29.3 Å². The van der Waals surface area contributed by atoms with Gasteiger partial charge in [-0.25, -0.2) is 0 Å². The number of rotatable bonds is 1. The maximum absolute atomic E-state index is 6.11. The molecule has 4 rings (SSSR count). The number of hydrogen-bond acceptors (Lipinski definition) is 3. The van der Waals surface area contributed by atoms with E-state index in [1.54, 1.807) is 0 Å². The number of fused-ring (bicyclic) bond motifs is 3. The third-order valence-electron chi connectivity index (χ3n) is 5.92. The molecule has 0 aromatic heterocycles. The topological polar surface area (TPSA) is 32.5 Å². The van der Waals surface area contributed by atoms with Crippen molar-refractivity contribution < 1.29 is 0 Å². The zero-order valence-corrected chi connectivity index (χ0v) is 12.4. The Morgan fingerprint density at radius 1 is 1.10 bits per heavy atom. The molecule has 3 heterocycles. The number of nitrogens with two attached hydrogens (primary N) is 1. The van der Waals surface area contributed by atoms with E-state index >= 15 is 0 Å². The molecule has 2 saturated heterocycles. The van der Waals surface area contributed by atoms with Gasteiger partial charge in [0.25, 0.3) is 0 Å². The fourth-order valence-electron chi connectivity index (χ4n) is 4.65. The minimum atomic E-state index is 0.790. The van der Waals surface area contributed by atoms with Crippen molar-refractivity contribution >= 4 is 5.69 Å². The van der Waals surface area contributed by atoms with Crippen molar-refractivity contribution in [1.82, 2.24) is 9.80 Å². The molecule has 0 spiro atoms. The molecule has 3 aliphatic heterocycles. The van der Waals surface area contributed by atoms with Crippen LogP contribution >= 0.6 is 0 Å². The summed E-state index contributed by atoms with van der Waals surface area (Å²) in [6, 6.07) is 8.88. The van der Waals surface area contributed by atoms with E-state index in [2.05, 4.69) is 29.0 Å². The van der Waals surface area contributed by atoms with E-state index in [0.29, 0.717) is 0 Å². The highest BCUT2D eigenvalue weighted by Gasteiger charge is 2.40. The molecular formula is C17H25N3. The molecule has 3 aliphatic rings. The Morgan fingerprint density at radius 2 is 1.85 bits per heavy atom. The second-order valence-corrected chi connectivity index (χ2v) is 6.88. The standard InChI is InChI=1S/C17H25N3/c1-19-13-5-6-14(19)10-15(9-13)20-8-7-16-12(11-20)3-2-4-17(16)18/h2-4,13-15H,5-11,18H2,1H3. The Kier molecular flexibility index (Phi) is 3.00. The zero-order chi connectivity index (χ0) is 13.7. The monoisotopic (exact) mass is 271 g/mol. The van der Waals surface area contributed by atoms with E-state index in [4.69, 9.17) is 5.73 Å². The fraction of sp³-hybridized carbons (Fsp3) is 0.647. The number of hydrogen-bond donors (Lipinski definition) is 1. The highest BCUT2D eigenvalue weighted by Crippen LogP contribution is 2.37. The van der Waals surface area contributed by atoms with Gasteiger partial charge in [0.1, 0.15) is 0 Å². The Bertz CT molecular complexity index is 499. The van der Waals surface area contributed by atoms with E-state index in [1.807, 2.05) is 6.07 Å². The molecule has 2 unspecified atom stereocenters. The molecule has 1 aromatic rings. The molecule has 2 atom stereocenters. The van der Waals surface area contributed by atoms with Crippen LogP contribution in [0.5, 0.6) is 0 Å². The van der Waals surface area contributed by atoms with Crippen molar-refractivity contribution in [2.75, 3.05) is 19.3 Å². The van der Waals surface area contributed by atoms with Crippen LogP contribution in [0.3, 0.4) is 0 Å². The average Bonchev–Trinajstić information content (AvgIpc) is 2.69. The lowest BCUT2D eigenvalue weighted by molar-refractivity contribution is 0.0676. The summed E-state index contributed by atoms with van der Waals surface area (Å²) in [5, 5.41) is 0. The van der Waals surface area contributed by atoms with Gasteiger partial charge >= 0.3 is 0 Å². The highest BCUT2D eigenvalue weighted by atomic mass is 15.2. The quantitative estimate of drug-likeness (QED) is 0.795. The van der Waals surface area contributed by atoms with Crippen molar-refractivity contribution in [2.24, 2.45) is 0 Å². The first-order valence-corrected chi connectivity index (χ1v) is 8.04. The number of nitrogen functional groups attached to an aromatic ring is 1. The Morgan fingerprint density at radius 3 is 2.60 bits per heavy atom. The molecule has 1 aromatic carbocycles. The molecule has 0 amide bonds. The van der Waals surface area contributed by atoms with E-state index in [9.17, 15) is 0 Å². The highest BCUT2D eigenvalue weighted by molar-refractivity contribution is 5.51. The SMILES string of the molecule is CN1C2CCC1CC(N1CCc3c(N)cccc3C1)C2. The largest absolute Gasteiger partial charge is 0.398 e. The third kappa shape index (κ3) is 1.95. The number of anilines is 1. The van der Waals surface area contributed by atoms with Gasteiger partial charge in [-0.2, -0.15) is 0 Å². The van der Waals surface area contributed by atoms with Gasteiger partial charge in [-0.05, 0) is 56.3 Å². The summed E-state index contributed by atoms with van der Waals surface area (Å²) in [4.78, 5) is 5.35. The summed E-state index contributed by atoms with van der Waals surface area (Å²) in [6.45, 7) is 2.29. The van der Waals surface area contributed by atoms with E-state index in [1.165, 1.54) is 43.4 Å². The zero-order valence-electron chi connectivity index (χ0n) is 12.4. The smallest absolute Gasteiger partial charge is 0.0350 e. The van der Waals surface area contributed by atoms with Crippen LogP contribution in [0, 0.1) is 0 Å². The Hall–Kier alpha value is -1.06. The van der Waals surface area contributed by atoms with Gasteiger partial charge in [0.15, 0.2) is 0 Å². The first-order chi connectivity index (χ1) is 9.72. The van der Waals surface area contributed by atoms with Crippen LogP contribution in [0.15, 0.2) is 18.2 Å². The maximum Gasteiger partial charge on any atom is 0.0350 e. The Balaban J connectivity index is 1.52. The summed E-state index contributed by atoms with van der Waals surface area (Å²) in [5.41, 5.74) is 9.97. The minimum Gasteiger partial charge on any atom is -0.398 e. The van der Waals surface area contributed by atoms with Crippen molar-refractivity contribution in [3.8, 4) is 0 Å². The van der Waals surface area contributed by atoms with Crippen molar-refractivity contribution in [3.63, 3.8) is 0 Å². The third-order valence-corrected chi connectivity index (χ3v) is 5.92. The van der Waals surface area contributed by atoms with Crippen molar-refractivity contribution in [1.29, 1.82) is 0 Å². The first kappa shape index (κ1) is 12.7. The molecule has 0 saturated carbocycles. The van der Waals surface area contributed by atoms with Crippen LogP contribution < -0.4 is 5.73 Å². The van der Waals surface area contributed by atoms with Gasteiger partial charge in [0.05, 0.1) is 0 Å². The molecule has 108 valence electrons. The molecule has 3 heteroatoms. The second kappa shape index (κ2) is 4.74. The van der Waals surface area contributed by atoms with Crippen LogP contribution in [-0.2, 0) is 13.0 Å². The van der Waals surface area contributed by atoms with E-state index in [-0.39, 0.29) is 0 Å². The lowest BCUT2D eigenvalue weighted by Gasteiger charge is -2.43. The molecular weight excluding hydrogens is 246 g/mol. The summed E-state index contributed by atoms with van der Waals surface area (Å²) < 4.78 is 0. The number of benzene rings is 1. The van der Waals surface area contributed by atoms with Crippen molar-refractivity contribution in [2.45, 2.75) is 56.8 Å². The van der Waals surface area contributed by atoms with Gasteiger partial charge in [-0.15, -0.1) is 0 Å². The summed E-state index contributed by atoms with van der Waals surface area (Å²) in [7, 11) is 2.32. The second-order valence-electron chi connectivity index (χ2n) is 6.88. The fourth-order valence-corrected chi connectivity index (χ4v) is 4.65. The Labute approximate surface area is 121 Å². The number of nitrogens with zero attached hydrogens (tertiary/aromatic N) is 2. The minimum absolute atomic E-state index is 0.790. The van der Waals surface area contributed by atoms with Crippen LogP contribution in [0.1, 0.15) is 36.8 Å². The van der Waals surface area contributed by atoms with Crippen LogP contribution in [0.4, 0.5) is 5.69 Å². The molecule has 0 radical (unpaired) electrons. The van der Waals surface area contributed by atoms with Gasteiger partial charge < -0.3 is 10.6 Å². The first-order valence-electron chi connectivity index (χ1n) is 8.04. The van der Waals surface area contributed by atoms with Gasteiger partial charge in [0.2, 0.25) is 0 Å². The van der Waals surface area contributed by atoms with Crippen LogP contribution in [-0.4, -0.2) is 41.5 Å². The maximum atomic E-state index is 6.11. The van der Waals surface area contributed by atoms with Crippen LogP contribution in [0.2, 0.25) is 0 Å². The molecule has 20 heavy (non-hydrogen) atoms. The summed E-state index contributed by atoms with van der Waals surface area (Å²) in [6.07, 6.45) is 6.68. The number of piperidine rings is 1. The van der Waals surface area contributed by atoms with Gasteiger partial charge in [-0.3, -0.25) is 4.90 Å². The van der Waals surface area contributed by atoms with Gasteiger partial charge in [-0.1, -0.05) is 12.1 Å². The average molecular weight is 271 g/mol. The molecule has 2 fully saturated rings. The predicted octanol–water partition coefficient (Wildman–Crippen LogP) is 2.25. The molecule has 3 nitrogen and oxygen atoms in total. The molecule has 2 N–H and O–H groups in total. The normalized spacial score (nSPS) is 34.1. The summed E-state index contributed by atoms with van der Waals surface area (Å²) in [5.74, 6) is 0. The lowest BCUT2D eigenvalue weighted by atomic mass is 9.92. The predicted molar refractivity (Wildman–Crippen MR) is 82.6 cm³/mol. The molecule has 0 aliphatic carbocycles. The van der Waals surface area contributed by atoms with E-state index < -0.39 is 0 Å². The lowest BCUT2D eigenvalue weighted by Crippen LogP contribution is -2.50.